The Morgan fingerprint density at radius 1 is 1.69 bits per heavy atom. The fourth-order valence-corrected chi connectivity index (χ4v) is 0.990. The highest BCUT2D eigenvalue weighted by Gasteiger charge is 1.99. The number of hydrogen-bond acceptors (Lipinski definition) is 2. The van der Waals surface area contributed by atoms with Crippen molar-refractivity contribution in [3.8, 4) is 10.8 Å². The van der Waals surface area contributed by atoms with Gasteiger partial charge in [-0.25, -0.2) is 0 Å². The lowest BCUT2D eigenvalue weighted by atomic mass is 10.2. The van der Waals surface area contributed by atoms with Crippen LogP contribution in [-0.2, 0) is 4.79 Å². The van der Waals surface area contributed by atoms with E-state index < -0.39 is 0 Å². The molecule has 0 aliphatic rings. The molecule has 0 atom stereocenters. The highest BCUT2D eigenvalue weighted by molar-refractivity contribution is 9.12. The minimum atomic E-state index is -0.342. The Hall–Kier alpha value is -1.34. The summed E-state index contributed by atoms with van der Waals surface area (Å²) in [6.45, 7) is 1.87. The fraction of sp³-hybridized carbons (Fsp3) is 0.111. The topological polar surface area (TPSA) is 42.0 Å². The SMILES string of the molecule is Cc1cnccc1NC(=O)C#CBr. The standard InChI is InChI=1S/C9H7BrN2O/c1-7-6-11-5-3-8(7)12-9(13)2-4-10/h3,5-6H,1H3,(H,11,12,13). The number of aryl methyl sites for hydroxylation is 1. The number of anilines is 1. The summed E-state index contributed by atoms with van der Waals surface area (Å²) in [6, 6.07) is 1.73. The minimum absolute atomic E-state index is 0.342. The molecular weight excluding hydrogens is 232 g/mol. The number of carbonyl (C=O) groups excluding carboxylic acids is 1. The largest absolute Gasteiger partial charge is 0.315 e. The molecule has 0 spiro atoms. The zero-order valence-corrected chi connectivity index (χ0v) is 8.55. The predicted molar refractivity (Wildman–Crippen MR) is 54.3 cm³/mol. The van der Waals surface area contributed by atoms with Crippen molar-refractivity contribution >= 4 is 27.5 Å². The molecule has 0 bridgehead atoms. The van der Waals surface area contributed by atoms with Crippen LogP contribution in [0.3, 0.4) is 0 Å². The third kappa shape index (κ3) is 2.88. The highest BCUT2D eigenvalue weighted by Crippen LogP contribution is 2.10. The van der Waals surface area contributed by atoms with Crippen LogP contribution < -0.4 is 5.32 Å². The first-order valence-electron chi connectivity index (χ1n) is 3.57. The lowest BCUT2D eigenvalue weighted by Gasteiger charge is -2.02. The summed E-state index contributed by atoms with van der Waals surface area (Å²) in [4.78, 5) is 17.3. The van der Waals surface area contributed by atoms with Crippen molar-refractivity contribution in [2.75, 3.05) is 5.32 Å². The number of nitrogens with zero attached hydrogens (tertiary/aromatic N) is 1. The van der Waals surface area contributed by atoms with Gasteiger partial charge in [0, 0.05) is 39.9 Å². The van der Waals surface area contributed by atoms with Crippen molar-refractivity contribution in [2.24, 2.45) is 0 Å². The third-order valence-corrected chi connectivity index (χ3v) is 1.63. The van der Waals surface area contributed by atoms with E-state index in [9.17, 15) is 4.79 Å². The lowest BCUT2D eigenvalue weighted by molar-refractivity contribution is -0.111. The first-order chi connectivity index (χ1) is 6.24. The van der Waals surface area contributed by atoms with Gasteiger partial charge >= 0.3 is 5.91 Å². The molecule has 1 heterocycles. The Morgan fingerprint density at radius 3 is 3.08 bits per heavy atom. The van der Waals surface area contributed by atoms with E-state index in [-0.39, 0.29) is 5.91 Å². The maximum absolute atomic E-state index is 11.0. The second-order valence-electron chi connectivity index (χ2n) is 2.36. The molecule has 13 heavy (non-hydrogen) atoms. The normalized spacial score (nSPS) is 8.46. The molecule has 0 aliphatic heterocycles. The average Bonchev–Trinajstić information content (AvgIpc) is 2.09. The van der Waals surface area contributed by atoms with Crippen LogP contribution in [0.1, 0.15) is 5.56 Å². The van der Waals surface area contributed by atoms with Gasteiger partial charge < -0.3 is 5.32 Å². The van der Waals surface area contributed by atoms with Crippen LogP contribution in [0, 0.1) is 17.7 Å². The number of rotatable bonds is 1. The molecule has 1 amide bonds. The monoisotopic (exact) mass is 238 g/mol. The molecule has 0 radical (unpaired) electrons. The summed E-state index contributed by atoms with van der Waals surface area (Å²) < 4.78 is 0. The van der Waals surface area contributed by atoms with Gasteiger partial charge in [-0.15, -0.1) is 0 Å². The van der Waals surface area contributed by atoms with Crippen molar-refractivity contribution in [1.29, 1.82) is 0 Å². The van der Waals surface area contributed by atoms with Gasteiger partial charge in [-0.3, -0.25) is 9.78 Å². The lowest BCUT2D eigenvalue weighted by Crippen LogP contribution is -2.09. The number of amides is 1. The van der Waals surface area contributed by atoms with Gasteiger partial charge in [-0.2, -0.15) is 0 Å². The number of aromatic nitrogens is 1. The Balaban J connectivity index is 2.78. The fourth-order valence-electron chi connectivity index (χ4n) is 0.810. The minimum Gasteiger partial charge on any atom is -0.315 e. The number of carbonyl (C=O) groups is 1. The van der Waals surface area contributed by atoms with Crippen LogP contribution in [-0.4, -0.2) is 10.9 Å². The smallest absolute Gasteiger partial charge is 0.301 e. The van der Waals surface area contributed by atoms with Crippen LogP contribution in [0.15, 0.2) is 18.5 Å². The van der Waals surface area contributed by atoms with Crippen molar-refractivity contribution < 1.29 is 4.79 Å². The summed E-state index contributed by atoms with van der Waals surface area (Å²) in [7, 11) is 0. The zero-order valence-electron chi connectivity index (χ0n) is 6.97. The Labute approximate surface area is 84.7 Å². The van der Waals surface area contributed by atoms with Gasteiger partial charge in [0.05, 0.1) is 0 Å². The molecule has 0 fully saturated rings. The quantitative estimate of drug-likeness (QED) is 0.757. The van der Waals surface area contributed by atoms with Crippen LogP contribution >= 0.6 is 15.9 Å². The molecule has 4 heteroatoms. The molecule has 3 nitrogen and oxygen atoms in total. The maximum Gasteiger partial charge on any atom is 0.301 e. The Morgan fingerprint density at radius 2 is 2.46 bits per heavy atom. The van der Waals surface area contributed by atoms with Gasteiger partial charge in [-0.1, -0.05) is 0 Å². The molecular formula is C9H7BrN2O. The van der Waals surface area contributed by atoms with Crippen LogP contribution in [0.2, 0.25) is 0 Å². The van der Waals surface area contributed by atoms with E-state index >= 15 is 0 Å². The van der Waals surface area contributed by atoms with E-state index in [1.54, 1.807) is 18.5 Å². The summed E-state index contributed by atoms with van der Waals surface area (Å²) >= 11 is 2.85. The maximum atomic E-state index is 11.0. The van der Waals surface area contributed by atoms with E-state index in [1.807, 2.05) is 6.92 Å². The molecule has 0 aromatic carbocycles. The van der Waals surface area contributed by atoms with E-state index in [0.717, 1.165) is 11.3 Å². The zero-order chi connectivity index (χ0) is 9.68. The number of hydrogen-bond donors (Lipinski definition) is 1. The van der Waals surface area contributed by atoms with E-state index in [4.69, 9.17) is 0 Å². The number of halogens is 1. The summed E-state index contributed by atoms with van der Waals surface area (Å²) in [5.74, 6) is 1.98. The van der Waals surface area contributed by atoms with Crippen molar-refractivity contribution in [1.82, 2.24) is 4.98 Å². The van der Waals surface area contributed by atoms with E-state index in [1.165, 1.54) is 0 Å². The molecule has 1 aromatic heterocycles. The molecule has 1 aromatic rings. The van der Waals surface area contributed by atoms with Gasteiger partial charge in [0.15, 0.2) is 0 Å². The average molecular weight is 239 g/mol. The van der Waals surface area contributed by atoms with Crippen LogP contribution in [0.25, 0.3) is 0 Å². The molecule has 0 saturated carbocycles. The molecule has 0 aliphatic carbocycles. The van der Waals surface area contributed by atoms with Crippen LogP contribution in [0.5, 0.6) is 0 Å². The van der Waals surface area contributed by atoms with Gasteiger partial charge in [0.25, 0.3) is 0 Å². The number of pyridine rings is 1. The summed E-state index contributed by atoms with van der Waals surface area (Å²) in [5, 5.41) is 2.63. The Kier molecular flexibility index (Phi) is 3.47. The second kappa shape index (κ2) is 4.63. The molecule has 0 unspecified atom stereocenters. The first kappa shape index (κ1) is 9.75. The van der Waals surface area contributed by atoms with Gasteiger partial charge in [0.1, 0.15) is 0 Å². The Bertz CT molecular complexity index is 379. The van der Waals surface area contributed by atoms with Crippen molar-refractivity contribution in [3.63, 3.8) is 0 Å². The molecule has 66 valence electrons. The molecule has 1 N–H and O–H groups in total. The summed E-state index contributed by atoms with van der Waals surface area (Å²) in [6.07, 6.45) is 3.29. The second-order valence-corrected chi connectivity index (χ2v) is 2.76. The molecule has 1 rings (SSSR count). The highest BCUT2D eigenvalue weighted by atomic mass is 79.9. The molecule has 0 saturated heterocycles. The van der Waals surface area contributed by atoms with E-state index in [0.29, 0.717) is 0 Å². The van der Waals surface area contributed by atoms with Crippen LogP contribution in [0.4, 0.5) is 5.69 Å². The predicted octanol–water partition coefficient (Wildman–Crippen LogP) is 1.68. The number of nitrogens with one attached hydrogen (secondary N) is 1. The van der Waals surface area contributed by atoms with Crippen molar-refractivity contribution in [2.45, 2.75) is 6.92 Å². The third-order valence-electron chi connectivity index (χ3n) is 1.43. The van der Waals surface area contributed by atoms with Crippen molar-refractivity contribution in [3.05, 3.63) is 24.0 Å². The van der Waals surface area contributed by atoms with Gasteiger partial charge in [0.2, 0.25) is 0 Å². The van der Waals surface area contributed by atoms with Gasteiger partial charge in [-0.05, 0) is 23.4 Å². The first-order valence-corrected chi connectivity index (χ1v) is 4.36. The van der Waals surface area contributed by atoms with E-state index in [2.05, 4.69) is 37.0 Å². The summed E-state index contributed by atoms with van der Waals surface area (Å²) in [5.41, 5.74) is 1.64.